The topological polar surface area (TPSA) is 61.4 Å². The molecule has 2 unspecified atom stereocenters. The third-order valence-corrected chi connectivity index (χ3v) is 5.21. The number of alkyl halides is 3. The number of carbonyl (C=O) groups is 2. The number of rotatable bonds is 4. The maximum absolute atomic E-state index is 12.7. The average Bonchev–Trinajstić information content (AvgIpc) is 3.20. The van der Waals surface area contributed by atoms with Crippen molar-refractivity contribution in [3.63, 3.8) is 0 Å². The van der Waals surface area contributed by atoms with Crippen LogP contribution in [0.5, 0.6) is 0 Å². The van der Waals surface area contributed by atoms with Crippen molar-refractivity contribution in [2.45, 2.75) is 37.9 Å². The Bertz CT molecular complexity index is 676. The van der Waals surface area contributed by atoms with E-state index in [1.54, 1.807) is 4.90 Å². The molecule has 2 amide bonds. The van der Waals surface area contributed by atoms with Crippen LogP contribution in [-0.4, -0.2) is 48.9 Å². The Hall–Kier alpha value is -1.80. The van der Waals surface area contributed by atoms with Crippen molar-refractivity contribution < 1.29 is 22.8 Å². The summed E-state index contributed by atoms with van der Waals surface area (Å²) in [6.45, 7) is 2.44. The summed E-state index contributed by atoms with van der Waals surface area (Å²) < 4.78 is 38.0. The van der Waals surface area contributed by atoms with Crippen LogP contribution >= 0.6 is 12.4 Å². The van der Waals surface area contributed by atoms with E-state index in [2.05, 4.69) is 10.6 Å². The molecule has 2 saturated heterocycles. The fourth-order valence-electron chi connectivity index (χ4n) is 3.68. The first-order valence-electron chi connectivity index (χ1n) is 9.32. The van der Waals surface area contributed by atoms with Crippen LogP contribution in [0, 0.1) is 5.92 Å². The van der Waals surface area contributed by atoms with Gasteiger partial charge in [0.05, 0.1) is 11.6 Å². The fourth-order valence-corrected chi connectivity index (χ4v) is 3.68. The molecule has 0 saturated carbocycles. The average molecular weight is 420 g/mol. The van der Waals surface area contributed by atoms with Gasteiger partial charge in [-0.3, -0.25) is 9.59 Å². The predicted octanol–water partition coefficient (Wildman–Crippen LogP) is 2.85. The molecule has 2 aliphatic heterocycles. The molecule has 0 aromatic heterocycles. The lowest BCUT2D eigenvalue weighted by atomic mass is 9.97. The largest absolute Gasteiger partial charge is 0.416 e. The molecule has 156 valence electrons. The van der Waals surface area contributed by atoms with Crippen molar-refractivity contribution in [3.05, 3.63) is 35.4 Å². The van der Waals surface area contributed by atoms with Gasteiger partial charge in [-0.15, -0.1) is 12.4 Å². The number of nitrogens with one attached hydrogen (secondary N) is 2. The van der Waals surface area contributed by atoms with Gasteiger partial charge >= 0.3 is 6.18 Å². The number of halogens is 4. The second-order valence-electron chi connectivity index (χ2n) is 7.23. The van der Waals surface area contributed by atoms with Crippen LogP contribution in [0.15, 0.2) is 24.3 Å². The van der Waals surface area contributed by atoms with Crippen LogP contribution in [0.3, 0.4) is 0 Å². The number of nitrogens with zero attached hydrogens (tertiary/aromatic N) is 1. The number of hydrogen-bond donors (Lipinski definition) is 2. The first kappa shape index (κ1) is 22.5. The van der Waals surface area contributed by atoms with E-state index in [0.29, 0.717) is 19.6 Å². The lowest BCUT2D eigenvalue weighted by Gasteiger charge is -2.33. The molecule has 2 aliphatic rings. The SMILES string of the molecule is Cl.O=C(NCC1CCCN(C(=O)c2ccc(C(F)(F)F)cc2)C1)C1CCCN1. The zero-order chi connectivity index (χ0) is 19.4. The van der Waals surface area contributed by atoms with Crippen LogP contribution in [0.25, 0.3) is 0 Å². The molecule has 2 heterocycles. The Morgan fingerprint density at radius 2 is 1.86 bits per heavy atom. The van der Waals surface area contributed by atoms with Crippen molar-refractivity contribution in [1.82, 2.24) is 15.5 Å². The second kappa shape index (κ2) is 9.60. The molecule has 0 aliphatic carbocycles. The molecule has 28 heavy (non-hydrogen) atoms. The molecule has 0 bridgehead atoms. The van der Waals surface area contributed by atoms with Crippen LogP contribution < -0.4 is 10.6 Å². The van der Waals surface area contributed by atoms with E-state index in [-0.39, 0.29) is 41.7 Å². The summed E-state index contributed by atoms with van der Waals surface area (Å²) in [6, 6.07) is 4.19. The van der Waals surface area contributed by atoms with Gasteiger partial charge in [0.25, 0.3) is 5.91 Å². The summed E-state index contributed by atoms with van der Waals surface area (Å²) in [5, 5.41) is 6.10. The number of hydrogen-bond acceptors (Lipinski definition) is 3. The van der Waals surface area contributed by atoms with Gasteiger partial charge in [-0.25, -0.2) is 0 Å². The monoisotopic (exact) mass is 419 g/mol. The van der Waals surface area contributed by atoms with Crippen molar-refractivity contribution in [2.24, 2.45) is 5.92 Å². The van der Waals surface area contributed by atoms with Gasteiger partial charge in [0.1, 0.15) is 0 Å². The molecule has 2 fully saturated rings. The summed E-state index contributed by atoms with van der Waals surface area (Å²) in [5.74, 6) is -0.113. The van der Waals surface area contributed by atoms with Crippen molar-refractivity contribution >= 4 is 24.2 Å². The molecule has 2 atom stereocenters. The lowest BCUT2D eigenvalue weighted by Crippen LogP contribution is -2.46. The van der Waals surface area contributed by atoms with Crippen molar-refractivity contribution in [1.29, 1.82) is 0 Å². The van der Waals surface area contributed by atoms with E-state index in [1.165, 1.54) is 12.1 Å². The fraction of sp³-hybridized carbons (Fsp3) is 0.579. The Morgan fingerprint density at radius 1 is 1.14 bits per heavy atom. The number of piperidine rings is 1. The van der Waals surface area contributed by atoms with Gasteiger partial charge < -0.3 is 15.5 Å². The van der Waals surface area contributed by atoms with E-state index in [1.807, 2.05) is 0 Å². The summed E-state index contributed by atoms with van der Waals surface area (Å²) in [6.07, 6.45) is -0.847. The van der Waals surface area contributed by atoms with Crippen molar-refractivity contribution in [2.75, 3.05) is 26.2 Å². The van der Waals surface area contributed by atoms with Crippen LogP contribution in [-0.2, 0) is 11.0 Å². The Kier molecular flexibility index (Phi) is 7.71. The molecular weight excluding hydrogens is 395 g/mol. The smallest absolute Gasteiger partial charge is 0.354 e. The van der Waals surface area contributed by atoms with Gasteiger partial charge in [0, 0.05) is 25.2 Å². The van der Waals surface area contributed by atoms with Crippen molar-refractivity contribution in [3.8, 4) is 0 Å². The summed E-state index contributed by atoms with van der Waals surface area (Å²) in [4.78, 5) is 26.4. The molecule has 1 aromatic rings. The third kappa shape index (κ3) is 5.61. The Labute approximate surface area is 168 Å². The van der Waals surface area contributed by atoms with Gasteiger partial charge in [0.15, 0.2) is 0 Å². The summed E-state index contributed by atoms with van der Waals surface area (Å²) in [7, 11) is 0. The van der Waals surface area contributed by atoms with E-state index in [9.17, 15) is 22.8 Å². The van der Waals surface area contributed by atoms with Crippen LogP contribution in [0.2, 0.25) is 0 Å². The van der Waals surface area contributed by atoms with E-state index >= 15 is 0 Å². The van der Waals surface area contributed by atoms with Gasteiger partial charge in [0.2, 0.25) is 5.91 Å². The molecule has 5 nitrogen and oxygen atoms in total. The molecule has 3 rings (SSSR count). The minimum Gasteiger partial charge on any atom is -0.354 e. The highest BCUT2D eigenvalue weighted by Crippen LogP contribution is 2.29. The highest BCUT2D eigenvalue weighted by Gasteiger charge is 2.31. The van der Waals surface area contributed by atoms with E-state index in [4.69, 9.17) is 0 Å². The normalized spacial score (nSPS) is 22.5. The quantitative estimate of drug-likeness (QED) is 0.789. The lowest BCUT2D eigenvalue weighted by molar-refractivity contribution is -0.137. The molecule has 9 heteroatoms. The highest BCUT2D eigenvalue weighted by atomic mass is 35.5. The maximum Gasteiger partial charge on any atom is 0.416 e. The van der Waals surface area contributed by atoms with Crippen LogP contribution in [0.4, 0.5) is 13.2 Å². The first-order chi connectivity index (χ1) is 12.8. The Morgan fingerprint density at radius 3 is 2.46 bits per heavy atom. The second-order valence-corrected chi connectivity index (χ2v) is 7.23. The zero-order valence-corrected chi connectivity index (χ0v) is 16.2. The van der Waals surface area contributed by atoms with Crippen LogP contribution in [0.1, 0.15) is 41.6 Å². The minimum atomic E-state index is -4.41. The molecular formula is C19H25ClF3N3O2. The standard InChI is InChI=1S/C19H24F3N3O2.ClH/c20-19(21,22)15-7-5-14(6-8-15)18(27)25-10-2-3-13(12-25)11-24-17(26)16-4-1-9-23-16;/h5-8,13,16,23H,1-4,9-12H2,(H,24,26);1H. The van der Waals surface area contributed by atoms with Gasteiger partial charge in [-0.1, -0.05) is 0 Å². The number of likely N-dealkylation sites (tertiary alicyclic amines) is 1. The van der Waals surface area contributed by atoms with E-state index in [0.717, 1.165) is 44.4 Å². The molecule has 2 N–H and O–H groups in total. The number of carbonyl (C=O) groups excluding carboxylic acids is 2. The summed E-state index contributed by atoms with van der Waals surface area (Å²) >= 11 is 0. The Balaban J connectivity index is 0.00000280. The summed E-state index contributed by atoms with van der Waals surface area (Å²) in [5.41, 5.74) is -0.512. The number of benzene rings is 1. The minimum absolute atomic E-state index is 0. The molecule has 0 radical (unpaired) electrons. The first-order valence-corrected chi connectivity index (χ1v) is 9.32. The number of amides is 2. The molecule has 0 spiro atoms. The molecule has 1 aromatic carbocycles. The predicted molar refractivity (Wildman–Crippen MR) is 101 cm³/mol. The zero-order valence-electron chi connectivity index (χ0n) is 15.4. The van der Waals surface area contributed by atoms with Gasteiger partial charge in [-0.2, -0.15) is 13.2 Å². The highest BCUT2D eigenvalue weighted by molar-refractivity contribution is 5.94. The maximum atomic E-state index is 12.7. The van der Waals surface area contributed by atoms with Gasteiger partial charge in [-0.05, 0) is 62.4 Å². The third-order valence-electron chi connectivity index (χ3n) is 5.21. The van der Waals surface area contributed by atoms with E-state index < -0.39 is 11.7 Å².